The lowest BCUT2D eigenvalue weighted by Crippen LogP contribution is -2.51. The van der Waals surface area contributed by atoms with Gasteiger partial charge in [0.05, 0.1) is 12.5 Å². The Morgan fingerprint density at radius 2 is 2.06 bits per heavy atom. The fourth-order valence-corrected chi connectivity index (χ4v) is 2.16. The molecule has 0 radical (unpaired) electrons. The zero-order chi connectivity index (χ0) is 12.8. The number of carbonyl (C=O) groups is 1. The predicted molar refractivity (Wildman–Crippen MR) is 70.6 cm³/mol. The molecule has 1 aliphatic heterocycles. The Balaban J connectivity index is 1.66. The van der Waals surface area contributed by atoms with E-state index in [9.17, 15) is 4.79 Å². The number of nitrogens with zero attached hydrogens (tertiary/aromatic N) is 1. The fourth-order valence-electron chi connectivity index (χ4n) is 2.16. The number of rotatable bonds is 7. The molecule has 3 nitrogen and oxygen atoms in total. The van der Waals surface area contributed by atoms with Crippen molar-refractivity contribution in [2.75, 3.05) is 6.54 Å². The fraction of sp³-hybridized carbons (Fsp3) is 0.533. The second-order valence-electron chi connectivity index (χ2n) is 4.85. The van der Waals surface area contributed by atoms with Crippen LogP contribution in [0.1, 0.15) is 38.2 Å². The predicted octanol–water partition coefficient (Wildman–Crippen LogP) is 3.16. The van der Waals surface area contributed by atoms with Crippen molar-refractivity contribution < 1.29 is 9.63 Å². The van der Waals surface area contributed by atoms with E-state index in [-0.39, 0.29) is 11.8 Å². The Bertz CT molecular complexity index is 377. The van der Waals surface area contributed by atoms with Crippen LogP contribution in [0.3, 0.4) is 0 Å². The highest BCUT2D eigenvalue weighted by Gasteiger charge is 2.36. The molecule has 0 saturated carbocycles. The molecule has 0 spiro atoms. The minimum atomic E-state index is 0.155. The van der Waals surface area contributed by atoms with E-state index in [2.05, 4.69) is 6.92 Å². The van der Waals surface area contributed by atoms with Crippen molar-refractivity contribution in [3.05, 3.63) is 35.9 Å². The summed E-state index contributed by atoms with van der Waals surface area (Å²) in [6.07, 6.45) is 4.58. The molecule has 1 heterocycles. The van der Waals surface area contributed by atoms with Crippen LogP contribution in [-0.4, -0.2) is 17.5 Å². The third-order valence-corrected chi connectivity index (χ3v) is 3.37. The second kappa shape index (κ2) is 6.55. The second-order valence-corrected chi connectivity index (χ2v) is 4.85. The molecule has 0 bridgehead atoms. The smallest absolute Gasteiger partial charge is 0.251 e. The third-order valence-electron chi connectivity index (χ3n) is 3.37. The molecule has 0 N–H and O–H groups in total. The molecule has 1 saturated heterocycles. The van der Waals surface area contributed by atoms with E-state index in [1.165, 1.54) is 17.9 Å². The van der Waals surface area contributed by atoms with Crippen molar-refractivity contribution in [1.82, 2.24) is 5.06 Å². The lowest BCUT2D eigenvalue weighted by atomic mass is 9.94. The van der Waals surface area contributed by atoms with Gasteiger partial charge in [-0.3, -0.25) is 9.63 Å². The van der Waals surface area contributed by atoms with E-state index in [1.54, 1.807) is 0 Å². The van der Waals surface area contributed by atoms with Crippen LogP contribution >= 0.6 is 0 Å². The van der Waals surface area contributed by atoms with E-state index >= 15 is 0 Å². The first-order valence-electron chi connectivity index (χ1n) is 6.79. The highest BCUT2D eigenvalue weighted by atomic mass is 16.7. The zero-order valence-corrected chi connectivity index (χ0v) is 11.0. The van der Waals surface area contributed by atoms with E-state index in [4.69, 9.17) is 4.84 Å². The normalized spacial score (nSPS) is 18.8. The molecule has 1 unspecified atom stereocenters. The van der Waals surface area contributed by atoms with Gasteiger partial charge >= 0.3 is 0 Å². The molecule has 1 aromatic rings. The van der Waals surface area contributed by atoms with Crippen molar-refractivity contribution in [2.24, 2.45) is 5.92 Å². The monoisotopic (exact) mass is 247 g/mol. The number of hydrogen-bond acceptors (Lipinski definition) is 2. The Labute approximate surface area is 109 Å². The molecule has 1 atom stereocenters. The van der Waals surface area contributed by atoms with Crippen molar-refractivity contribution in [2.45, 2.75) is 39.2 Å². The molecule has 98 valence electrons. The Morgan fingerprint density at radius 3 is 2.72 bits per heavy atom. The lowest BCUT2D eigenvalue weighted by molar-refractivity contribution is -0.226. The van der Waals surface area contributed by atoms with Gasteiger partial charge in [-0.25, -0.2) is 5.06 Å². The summed E-state index contributed by atoms with van der Waals surface area (Å²) in [5.41, 5.74) is 1.10. The van der Waals surface area contributed by atoms with Crippen molar-refractivity contribution in [3.63, 3.8) is 0 Å². The summed E-state index contributed by atoms with van der Waals surface area (Å²) in [6, 6.07) is 9.93. The van der Waals surface area contributed by atoms with Crippen LogP contribution in [0, 0.1) is 5.92 Å². The topological polar surface area (TPSA) is 29.5 Å². The van der Waals surface area contributed by atoms with Gasteiger partial charge in [0.1, 0.15) is 6.61 Å². The minimum absolute atomic E-state index is 0.155. The summed E-state index contributed by atoms with van der Waals surface area (Å²) in [4.78, 5) is 17.3. The lowest BCUT2D eigenvalue weighted by Gasteiger charge is -2.37. The van der Waals surface area contributed by atoms with E-state index in [1.807, 2.05) is 30.3 Å². The number of benzene rings is 1. The first kappa shape index (κ1) is 13.1. The van der Waals surface area contributed by atoms with Gasteiger partial charge in [0.25, 0.3) is 5.91 Å². The third kappa shape index (κ3) is 3.33. The van der Waals surface area contributed by atoms with Gasteiger partial charge in [-0.05, 0) is 12.0 Å². The van der Waals surface area contributed by atoms with E-state index in [0.29, 0.717) is 6.61 Å². The van der Waals surface area contributed by atoms with Gasteiger partial charge in [0.15, 0.2) is 0 Å². The summed E-state index contributed by atoms with van der Waals surface area (Å²) in [7, 11) is 0. The first-order valence-corrected chi connectivity index (χ1v) is 6.79. The van der Waals surface area contributed by atoms with E-state index in [0.717, 1.165) is 24.9 Å². The number of unbranched alkanes of at least 4 members (excludes halogenated alkanes) is 2. The molecule has 0 aliphatic carbocycles. The van der Waals surface area contributed by atoms with Gasteiger partial charge in [0, 0.05) is 0 Å². The SMILES string of the molecule is CCCCCC1CN(OCc2ccccc2)C1=O. The summed E-state index contributed by atoms with van der Waals surface area (Å²) in [5, 5.41) is 1.50. The molecule has 1 aliphatic rings. The minimum Gasteiger partial charge on any atom is -0.272 e. The standard InChI is InChI=1S/C15H21NO2/c1-2-3-5-10-14-11-16(15(14)17)18-12-13-8-6-4-7-9-13/h4,6-9,14H,2-3,5,10-12H2,1H3. The first-order chi connectivity index (χ1) is 8.81. The quantitative estimate of drug-likeness (QED) is 0.547. The maximum absolute atomic E-state index is 11.8. The zero-order valence-electron chi connectivity index (χ0n) is 11.0. The highest BCUT2D eigenvalue weighted by molar-refractivity contribution is 5.83. The molecular weight excluding hydrogens is 226 g/mol. The average molecular weight is 247 g/mol. The van der Waals surface area contributed by atoms with Crippen LogP contribution in [0.4, 0.5) is 0 Å². The molecular formula is C15H21NO2. The molecule has 0 aromatic heterocycles. The Hall–Kier alpha value is -1.35. The number of hydroxylamine groups is 2. The van der Waals surface area contributed by atoms with Gasteiger partial charge in [0.2, 0.25) is 0 Å². The molecule has 2 rings (SSSR count). The van der Waals surface area contributed by atoms with Gasteiger partial charge < -0.3 is 0 Å². The molecule has 1 aromatic carbocycles. The Morgan fingerprint density at radius 1 is 1.28 bits per heavy atom. The summed E-state index contributed by atoms with van der Waals surface area (Å²) >= 11 is 0. The molecule has 18 heavy (non-hydrogen) atoms. The van der Waals surface area contributed by atoms with Crippen LogP contribution < -0.4 is 0 Å². The average Bonchev–Trinajstić information content (AvgIpc) is 2.42. The maximum Gasteiger partial charge on any atom is 0.251 e. The summed E-state index contributed by atoms with van der Waals surface area (Å²) < 4.78 is 0. The molecule has 3 heteroatoms. The van der Waals surface area contributed by atoms with Crippen LogP contribution in [0.25, 0.3) is 0 Å². The molecule has 1 fully saturated rings. The summed E-state index contributed by atoms with van der Waals surface area (Å²) in [6.45, 7) is 3.42. The van der Waals surface area contributed by atoms with Crippen molar-refractivity contribution in [1.29, 1.82) is 0 Å². The number of carbonyl (C=O) groups excluding carboxylic acids is 1. The maximum atomic E-state index is 11.8. The van der Waals surface area contributed by atoms with Gasteiger partial charge in [-0.1, -0.05) is 56.5 Å². The van der Waals surface area contributed by atoms with Crippen LogP contribution in [0.5, 0.6) is 0 Å². The van der Waals surface area contributed by atoms with Crippen LogP contribution in [-0.2, 0) is 16.2 Å². The van der Waals surface area contributed by atoms with Crippen LogP contribution in [0.15, 0.2) is 30.3 Å². The summed E-state index contributed by atoms with van der Waals surface area (Å²) in [5.74, 6) is 0.356. The molecule has 1 amide bonds. The number of hydrogen-bond donors (Lipinski definition) is 0. The number of β-lactam (4-membered cyclic amide) rings is 1. The highest BCUT2D eigenvalue weighted by Crippen LogP contribution is 2.24. The number of amides is 1. The van der Waals surface area contributed by atoms with Crippen molar-refractivity contribution >= 4 is 5.91 Å². The van der Waals surface area contributed by atoms with Crippen molar-refractivity contribution in [3.8, 4) is 0 Å². The largest absolute Gasteiger partial charge is 0.272 e. The Kier molecular flexibility index (Phi) is 4.76. The van der Waals surface area contributed by atoms with E-state index < -0.39 is 0 Å². The van der Waals surface area contributed by atoms with Gasteiger partial charge in [-0.15, -0.1) is 0 Å². The van der Waals surface area contributed by atoms with Crippen LogP contribution in [0.2, 0.25) is 0 Å². The van der Waals surface area contributed by atoms with Gasteiger partial charge in [-0.2, -0.15) is 0 Å².